The van der Waals surface area contributed by atoms with Crippen molar-refractivity contribution in [3.63, 3.8) is 0 Å². The van der Waals surface area contributed by atoms with Gasteiger partial charge in [-0.25, -0.2) is 9.78 Å². The number of nitrogens with zero attached hydrogens (tertiary/aromatic N) is 2. The van der Waals surface area contributed by atoms with E-state index in [1.807, 2.05) is 0 Å². The van der Waals surface area contributed by atoms with Crippen molar-refractivity contribution in [2.75, 3.05) is 10.6 Å². The highest BCUT2D eigenvalue weighted by Crippen LogP contribution is 2.35. The largest absolute Gasteiger partial charge is 0.478 e. The number of hydrogen-bond donors (Lipinski definition) is 3. The third kappa shape index (κ3) is 5.10. The number of halogens is 4. The van der Waals surface area contributed by atoms with Crippen molar-refractivity contribution in [3.8, 4) is 0 Å². The molecule has 0 aliphatic rings. The highest BCUT2D eigenvalue weighted by Gasteiger charge is 2.33. The van der Waals surface area contributed by atoms with Gasteiger partial charge in [-0.05, 0) is 42.5 Å². The number of para-hydroxylation sites is 1. The summed E-state index contributed by atoms with van der Waals surface area (Å²) in [6.45, 7) is 0. The van der Waals surface area contributed by atoms with Gasteiger partial charge in [0.1, 0.15) is 5.82 Å². The monoisotopic (exact) mass is 410 g/mol. The van der Waals surface area contributed by atoms with Gasteiger partial charge in [0.2, 0.25) is 5.95 Å². The third-order valence-electron chi connectivity index (χ3n) is 3.54. The van der Waals surface area contributed by atoms with Crippen LogP contribution < -0.4 is 10.6 Å². The molecular weight excluding hydrogens is 397 g/mol. The topological polar surface area (TPSA) is 87.1 Å². The van der Waals surface area contributed by atoms with Gasteiger partial charge in [-0.3, -0.25) is 0 Å². The van der Waals surface area contributed by atoms with Gasteiger partial charge in [-0.2, -0.15) is 18.2 Å². The van der Waals surface area contributed by atoms with Gasteiger partial charge in [-0.1, -0.05) is 12.1 Å². The molecule has 146 valence electrons. The first-order valence-electron chi connectivity index (χ1n) is 7.69. The zero-order valence-corrected chi connectivity index (χ0v) is 14.9. The van der Waals surface area contributed by atoms with Crippen molar-refractivity contribution in [3.05, 3.63) is 71.9 Å². The minimum absolute atomic E-state index is 0. The minimum Gasteiger partial charge on any atom is -0.478 e. The lowest BCUT2D eigenvalue weighted by Crippen LogP contribution is -2.09. The van der Waals surface area contributed by atoms with Gasteiger partial charge in [0, 0.05) is 11.9 Å². The molecule has 0 saturated heterocycles. The number of carboxylic acid groups (broad SMARTS) is 1. The molecule has 3 rings (SSSR count). The molecule has 1 heterocycles. The highest BCUT2D eigenvalue weighted by atomic mass is 35.5. The van der Waals surface area contributed by atoms with Crippen molar-refractivity contribution >= 4 is 41.5 Å². The number of nitrogens with one attached hydrogen (secondary N) is 2. The molecule has 6 nitrogen and oxygen atoms in total. The Hall–Kier alpha value is -3.33. The van der Waals surface area contributed by atoms with E-state index in [1.165, 1.54) is 54.7 Å². The minimum atomic E-state index is -4.50. The van der Waals surface area contributed by atoms with Crippen molar-refractivity contribution in [2.24, 2.45) is 0 Å². The zero-order chi connectivity index (χ0) is 19.4. The van der Waals surface area contributed by atoms with Gasteiger partial charge in [0.05, 0.1) is 16.8 Å². The number of aromatic nitrogens is 2. The van der Waals surface area contributed by atoms with Crippen LogP contribution in [0.25, 0.3) is 0 Å². The summed E-state index contributed by atoms with van der Waals surface area (Å²) in [7, 11) is 0. The van der Waals surface area contributed by atoms with E-state index < -0.39 is 17.7 Å². The average molecular weight is 411 g/mol. The van der Waals surface area contributed by atoms with E-state index in [0.29, 0.717) is 5.69 Å². The van der Waals surface area contributed by atoms with Gasteiger partial charge in [0.15, 0.2) is 0 Å². The van der Waals surface area contributed by atoms with Crippen LogP contribution >= 0.6 is 12.4 Å². The first-order valence-corrected chi connectivity index (χ1v) is 7.69. The first kappa shape index (κ1) is 21.0. The van der Waals surface area contributed by atoms with Crippen LogP contribution in [0, 0.1) is 0 Å². The summed E-state index contributed by atoms with van der Waals surface area (Å²) in [6.07, 6.45) is -3.11. The summed E-state index contributed by atoms with van der Waals surface area (Å²) >= 11 is 0. The second-order valence-corrected chi connectivity index (χ2v) is 5.44. The summed E-state index contributed by atoms with van der Waals surface area (Å²) in [5.41, 5.74) is -0.267. The van der Waals surface area contributed by atoms with Crippen molar-refractivity contribution in [1.82, 2.24) is 9.97 Å². The second-order valence-electron chi connectivity index (χ2n) is 5.44. The quantitative estimate of drug-likeness (QED) is 0.542. The van der Waals surface area contributed by atoms with E-state index in [0.717, 1.165) is 6.07 Å². The van der Waals surface area contributed by atoms with Crippen LogP contribution in [0.4, 0.5) is 36.3 Å². The zero-order valence-electron chi connectivity index (χ0n) is 14.1. The lowest BCUT2D eigenvalue weighted by molar-refractivity contribution is -0.136. The number of aromatic carboxylic acids is 1. The maximum Gasteiger partial charge on any atom is 0.418 e. The summed E-state index contributed by atoms with van der Waals surface area (Å²) in [5, 5.41) is 14.4. The molecule has 0 saturated carbocycles. The van der Waals surface area contributed by atoms with E-state index in [4.69, 9.17) is 5.11 Å². The number of hydrogen-bond acceptors (Lipinski definition) is 5. The van der Waals surface area contributed by atoms with Crippen LogP contribution in [-0.2, 0) is 6.18 Å². The third-order valence-corrected chi connectivity index (χ3v) is 3.54. The number of anilines is 4. The fraction of sp³-hybridized carbons (Fsp3) is 0.0556. The molecule has 2 aromatic carbocycles. The summed E-state index contributed by atoms with van der Waals surface area (Å²) in [4.78, 5) is 19.0. The van der Waals surface area contributed by atoms with E-state index in [-0.39, 0.29) is 35.4 Å². The first-order chi connectivity index (χ1) is 12.8. The molecule has 10 heteroatoms. The molecule has 1 aromatic heterocycles. The molecule has 0 amide bonds. The lowest BCUT2D eigenvalue weighted by Gasteiger charge is -2.14. The fourth-order valence-corrected chi connectivity index (χ4v) is 2.29. The van der Waals surface area contributed by atoms with E-state index in [9.17, 15) is 18.0 Å². The molecule has 3 aromatic rings. The van der Waals surface area contributed by atoms with Crippen LogP contribution in [0.2, 0.25) is 0 Å². The van der Waals surface area contributed by atoms with Crippen molar-refractivity contribution in [2.45, 2.75) is 6.18 Å². The molecule has 0 aliphatic carbocycles. The Morgan fingerprint density at radius 3 is 2.29 bits per heavy atom. The Morgan fingerprint density at radius 1 is 0.964 bits per heavy atom. The Balaban J connectivity index is 0.00000280. The highest BCUT2D eigenvalue weighted by molar-refractivity contribution is 5.88. The summed E-state index contributed by atoms with van der Waals surface area (Å²) in [5.74, 6) is -0.730. The van der Waals surface area contributed by atoms with E-state index in [2.05, 4.69) is 20.6 Å². The molecule has 28 heavy (non-hydrogen) atoms. The fourth-order valence-electron chi connectivity index (χ4n) is 2.29. The van der Waals surface area contributed by atoms with E-state index in [1.54, 1.807) is 0 Å². The Labute approximate surface area is 163 Å². The maximum absolute atomic E-state index is 13.1. The van der Waals surface area contributed by atoms with Gasteiger partial charge in [-0.15, -0.1) is 12.4 Å². The predicted octanol–water partition coefficient (Wildman–Crippen LogP) is 5.10. The second kappa shape index (κ2) is 8.57. The maximum atomic E-state index is 13.1. The molecule has 0 fully saturated rings. The summed E-state index contributed by atoms with van der Waals surface area (Å²) in [6, 6.07) is 12.4. The number of alkyl halides is 3. The van der Waals surface area contributed by atoms with Gasteiger partial charge >= 0.3 is 12.1 Å². The molecule has 0 aliphatic heterocycles. The average Bonchev–Trinajstić information content (AvgIpc) is 2.62. The Kier molecular flexibility index (Phi) is 6.42. The Bertz CT molecular complexity index is 966. The lowest BCUT2D eigenvalue weighted by atomic mass is 10.1. The van der Waals surface area contributed by atoms with Crippen LogP contribution in [-0.4, -0.2) is 21.0 Å². The SMILES string of the molecule is Cl.O=C(O)c1ccc(Nc2nccc(Nc3ccccc3C(F)(F)F)n2)cc1. The van der Waals surface area contributed by atoms with Crippen molar-refractivity contribution < 1.29 is 23.1 Å². The molecule has 0 bridgehead atoms. The molecule has 0 unspecified atom stereocenters. The number of carbonyl (C=O) groups is 1. The normalized spacial score (nSPS) is 10.7. The van der Waals surface area contributed by atoms with Crippen LogP contribution in [0.1, 0.15) is 15.9 Å². The number of rotatable bonds is 5. The molecule has 0 atom stereocenters. The van der Waals surface area contributed by atoms with Gasteiger partial charge < -0.3 is 15.7 Å². The summed E-state index contributed by atoms with van der Waals surface area (Å²) < 4.78 is 39.2. The van der Waals surface area contributed by atoms with Crippen molar-refractivity contribution in [1.29, 1.82) is 0 Å². The molecule has 0 radical (unpaired) electrons. The molecular formula is C18H14ClF3N4O2. The number of benzene rings is 2. The van der Waals surface area contributed by atoms with E-state index >= 15 is 0 Å². The van der Waals surface area contributed by atoms with Crippen LogP contribution in [0.3, 0.4) is 0 Å². The Morgan fingerprint density at radius 2 is 1.64 bits per heavy atom. The smallest absolute Gasteiger partial charge is 0.418 e. The number of carboxylic acids is 1. The van der Waals surface area contributed by atoms with Gasteiger partial charge in [0.25, 0.3) is 0 Å². The van der Waals surface area contributed by atoms with Crippen LogP contribution in [0.15, 0.2) is 60.8 Å². The molecule has 0 spiro atoms. The standard InChI is InChI=1S/C18H13F3N4O2.ClH/c19-18(20,21)13-3-1-2-4-14(13)24-15-9-10-22-17(25-15)23-12-7-5-11(6-8-12)16(26)27;/h1-10H,(H,26,27)(H2,22,23,24,25);1H. The van der Waals surface area contributed by atoms with Crippen LogP contribution in [0.5, 0.6) is 0 Å². The predicted molar refractivity (Wildman–Crippen MR) is 101 cm³/mol. The molecule has 3 N–H and O–H groups in total.